The van der Waals surface area contributed by atoms with Crippen LogP contribution < -0.4 is 4.74 Å². The molecule has 1 nitrogen and oxygen atoms in total. The predicted molar refractivity (Wildman–Crippen MR) is 97.6 cm³/mol. The number of hydrogen-bond acceptors (Lipinski definition) is 1. The summed E-state index contributed by atoms with van der Waals surface area (Å²) >= 11 is 0. The Kier molecular flexibility index (Phi) is 6.37. The van der Waals surface area contributed by atoms with Gasteiger partial charge in [-0.2, -0.15) is 4.39 Å². The van der Waals surface area contributed by atoms with Crippen molar-refractivity contribution in [2.45, 2.75) is 44.9 Å². The van der Waals surface area contributed by atoms with Gasteiger partial charge in [-0.3, -0.25) is 0 Å². The first-order valence-electron chi connectivity index (χ1n) is 9.37. The van der Waals surface area contributed by atoms with Gasteiger partial charge < -0.3 is 4.74 Å². The Balaban J connectivity index is 1.77. The summed E-state index contributed by atoms with van der Waals surface area (Å²) in [4.78, 5) is 0. The Bertz CT molecular complexity index is 868. The fourth-order valence-corrected chi connectivity index (χ4v) is 3.41. The standard InChI is InChI=1S/C22H21F5O/c1-2-3-10-28-19-9-8-16(20(25)22(19)27)14-6-4-13(5-7-14)15-11-17(23)21(26)18(24)12-15/h6,8-9,11-13H,2-5,7,10H2,1H3. The van der Waals surface area contributed by atoms with Crippen LogP contribution in [0.3, 0.4) is 0 Å². The second-order valence-electron chi connectivity index (χ2n) is 6.94. The topological polar surface area (TPSA) is 9.23 Å². The third kappa shape index (κ3) is 4.21. The van der Waals surface area contributed by atoms with Crippen molar-refractivity contribution in [3.8, 4) is 5.75 Å². The molecule has 6 heteroatoms. The first kappa shape index (κ1) is 20.4. The Morgan fingerprint density at radius 3 is 2.29 bits per heavy atom. The molecule has 0 fully saturated rings. The van der Waals surface area contributed by atoms with Crippen LogP contribution in [0.4, 0.5) is 22.0 Å². The van der Waals surface area contributed by atoms with E-state index >= 15 is 0 Å². The zero-order valence-corrected chi connectivity index (χ0v) is 15.5. The number of unbranched alkanes of at least 4 members (excludes halogenated alkanes) is 1. The van der Waals surface area contributed by atoms with E-state index in [4.69, 9.17) is 4.74 Å². The van der Waals surface area contributed by atoms with E-state index in [0.717, 1.165) is 25.0 Å². The third-order valence-corrected chi connectivity index (χ3v) is 5.04. The molecule has 0 aliphatic heterocycles. The van der Waals surface area contributed by atoms with E-state index in [9.17, 15) is 22.0 Å². The van der Waals surface area contributed by atoms with Gasteiger partial charge in [0.15, 0.2) is 29.0 Å². The average molecular weight is 396 g/mol. The molecule has 0 saturated heterocycles. The number of allylic oxidation sites excluding steroid dienone is 2. The van der Waals surface area contributed by atoms with Gasteiger partial charge in [0.1, 0.15) is 0 Å². The summed E-state index contributed by atoms with van der Waals surface area (Å²) in [7, 11) is 0. The fraction of sp³-hybridized carbons (Fsp3) is 0.364. The van der Waals surface area contributed by atoms with Crippen molar-refractivity contribution in [2.75, 3.05) is 6.61 Å². The van der Waals surface area contributed by atoms with Crippen molar-refractivity contribution in [2.24, 2.45) is 0 Å². The highest BCUT2D eigenvalue weighted by Crippen LogP contribution is 2.38. The number of hydrogen-bond donors (Lipinski definition) is 0. The van der Waals surface area contributed by atoms with Crippen LogP contribution >= 0.6 is 0 Å². The highest BCUT2D eigenvalue weighted by atomic mass is 19.2. The first-order chi connectivity index (χ1) is 13.4. The van der Waals surface area contributed by atoms with Crippen LogP contribution in [-0.2, 0) is 0 Å². The van der Waals surface area contributed by atoms with Crippen LogP contribution in [-0.4, -0.2) is 6.61 Å². The minimum Gasteiger partial charge on any atom is -0.490 e. The molecule has 1 unspecified atom stereocenters. The monoisotopic (exact) mass is 396 g/mol. The molecule has 2 aromatic rings. The SMILES string of the molecule is CCCCOc1ccc(C2=CCC(c3cc(F)c(F)c(F)c3)CC2)c(F)c1F. The summed E-state index contributed by atoms with van der Waals surface area (Å²) in [6.45, 7) is 2.29. The number of rotatable bonds is 6. The van der Waals surface area contributed by atoms with Gasteiger partial charge in [-0.15, -0.1) is 0 Å². The second kappa shape index (κ2) is 8.76. The van der Waals surface area contributed by atoms with Crippen molar-refractivity contribution in [3.05, 3.63) is 70.6 Å². The maximum absolute atomic E-state index is 14.5. The van der Waals surface area contributed by atoms with Crippen molar-refractivity contribution in [1.82, 2.24) is 0 Å². The van der Waals surface area contributed by atoms with Gasteiger partial charge >= 0.3 is 0 Å². The highest BCUT2D eigenvalue weighted by molar-refractivity contribution is 5.68. The summed E-state index contributed by atoms with van der Waals surface area (Å²) in [5.41, 5.74) is 1.16. The maximum Gasteiger partial charge on any atom is 0.201 e. The highest BCUT2D eigenvalue weighted by Gasteiger charge is 2.23. The van der Waals surface area contributed by atoms with Crippen LogP contribution in [0.2, 0.25) is 0 Å². The van der Waals surface area contributed by atoms with Crippen LogP contribution in [0.15, 0.2) is 30.3 Å². The van der Waals surface area contributed by atoms with E-state index < -0.39 is 29.1 Å². The summed E-state index contributed by atoms with van der Waals surface area (Å²) < 4.78 is 74.1. The Hall–Kier alpha value is -2.37. The van der Waals surface area contributed by atoms with E-state index in [1.165, 1.54) is 12.1 Å². The van der Waals surface area contributed by atoms with Gasteiger partial charge in [0.25, 0.3) is 0 Å². The molecule has 150 valence electrons. The van der Waals surface area contributed by atoms with Crippen LogP contribution in [0.5, 0.6) is 5.75 Å². The quantitative estimate of drug-likeness (QED) is 0.293. The summed E-state index contributed by atoms with van der Waals surface area (Å²) in [5.74, 6) is -6.24. The van der Waals surface area contributed by atoms with Gasteiger partial charge in [0, 0.05) is 5.56 Å². The zero-order chi connectivity index (χ0) is 20.3. The normalized spacial score (nSPS) is 16.8. The largest absolute Gasteiger partial charge is 0.490 e. The number of benzene rings is 2. The molecule has 3 rings (SSSR count). The van der Waals surface area contributed by atoms with Crippen molar-refractivity contribution >= 4 is 5.57 Å². The number of ether oxygens (including phenoxy) is 1. The molecule has 0 heterocycles. The van der Waals surface area contributed by atoms with Crippen molar-refractivity contribution < 1.29 is 26.7 Å². The van der Waals surface area contributed by atoms with E-state index in [-0.39, 0.29) is 17.2 Å². The van der Waals surface area contributed by atoms with Gasteiger partial charge in [-0.1, -0.05) is 19.4 Å². The molecule has 0 amide bonds. The average Bonchev–Trinajstić information content (AvgIpc) is 2.69. The molecular weight excluding hydrogens is 375 g/mol. The van der Waals surface area contributed by atoms with Gasteiger partial charge in [0.05, 0.1) is 6.61 Å². The molecule has 28 heavy (non-hydrogen) atoms. The molecule has 0 aromatic heterocycles. The Morgan fingerprint density at radius 1 is 0.964 bits per heavy atom. The molecule has 2 aromatic carbocycles. The van der Waals surface area contributed by atoms with Crippen LogP contribution in [0.25, 0.3) is 5.57 Å². The van der Waals surface area contributed by atoms with Gasteiger partial charge in [0.2, 0.25) is 5.82 Å². The van der Waals surface area contributed by atoms with Gasteiger partial charge in [-0.25, -0.2) is 17.6 Å². The lowest BCUT2D eigenvalue weighted by Gasteiger charge is -2.23. The van der Waals surface area contributed by atoms with Crippen molar-refractivity contribution in [1.29, 1.82) is 0 Å². The van der Waals surface area contributed by atoms with Gasteiger partial charge in [-0.05, 0) is 67.0 Å². The smallest absolute Gasteiger partial charge is 0.201 e. The molecule has 1 aliphatic rings. The van der Waals surface area contributed by atoms with Crippen LogP contribution in [0, 0.1) is 29.1 Å². The third-order valence-electron chi connectivity index (χ3n) is 5.04. The van der Waals surface area contributed by atoms with E-state index in [0.29, 0.717) is 37.0 Å². The van der Waals surface area contributed by atoms with E-state index in [1.807, 2.05) is 6.92 Å². The zero-order valence-electron chi connectivity index (χ0n) is 15.5. The maximum atomic E-state index is 14.5. The summed E-state index contributed by atoms with van der Waals surface area (Å²) in [5, 5.41) is 0. The predicted octanol–water partition coefficient (Wildman–Crippen LogP) is 6.91. The molecule has 0 N–H and O–H groups in total. The lowest BCUT2D eigenvalue weighted by molar-refractivity contribution is 0.288. The van der Waals surface area contributed by atoms with Crippen LogP contribution in [0.1, 0.15) is 56.1 Å². The minimum absolute atomic E-state index is 0.110. The number of halogens is 5. The molecule has 0 bridgehead atoms. The Labute approximate surface area is 160 Å². The fourth-order valence-electron chi connectivity index (χ4n) is 3.41. The molecule has 0 spiro atoms. The van der Waals surface area contributed by atoms with E-state index in [1.54, 1.807) is 6.08 Å². The van der Waals surface area contributed by atoms with Crippen molar-refractivity contribution in [3.63, 3.8) is 0 Å². The molecular formula is C22H21F5O. The summed E-state index contributed by atoms with van der Waals surface area (Å²) in [6.07, 6.45) is 4.68. The lowest BCUT2D eigenvalue weighted by atomic mass is 9.82. The minimum atomic E-state index is -1.49. The second-order valence-corrected chi connectivity index (χ2v) is 6.94. The van der Waals surface area contributed by atoms with E-state index in [2.05, 4.69) is 0 Å². The molecule has 1 atom stereocenters. The molecule has 0 saturated carbocycles. The molecule has 0 radical (unpaired) electrons. The lowest BCUT2D eigenvalue weighted by Crippen LogP contribution is -2.08. The summed E-state index contributed by atoms with van der Waals surface area (Å²) in [6, 6.07) is 4.89. The first-order valence-corrected chi connectivity index (χ1v) is 9.37. The molecule has 1 aliphatic carbocycles. The Morgan fingerprint density at radius 2 is 1.68 bits per heavy atom.